The molecule has 0 aliphatic heterocycles. The minimum Gasteiger partial charge on any atom is -0.759 e. The van der Waals surface area contributed by atoms with E-state index in [-0.39, 0.29) is 0 Å². The summed E-state index contributed by atoms with van der Waals surface area (Å²) >= 11 is 0. The van der Waals surface area contributed by atoms with E-state index in [1.165, 1.54) is 206 Å². The fourth-order valence-electron chi connectivity index (χ4n) is 6.75. The van der Waals surface area contributed by atoms with Crippen molar-refractivity contribution in [3.05, 3.63) is 0 Å². The third kappa shape index (κ3) is 59.2. The van der Waals surface area contributed by atoms with Gasteiger partial charge >= 0.3 is 0 Å². The number of rotatable bonds is 38. The molecule has 2 atom stereocenters. The average Bonchev–Trinajstić information content (AvgIpc) is 3.10. The van der Waals surface area contributed by atoms with Crippen LogP contribution in [0.5, 0.6) is 0 Å². The Morgan fingerprint density at radius 3 is 0.706 bits per heavy atom. The number of nitrogens with one attached hydrogen (secondary N) is 2. The van der Waals surface area contributed by atoms with E-state index in [0.29, 0.717) is 13.2 Å². The average molecular weight is 753 g/mol. The van der Waals surface area contributed by atoms with Crippen LogP contribution < -0.4 is 9.80 Å². The van der Waals surface area contributed by atoms with E-state index in [0.717, 1.165) is 25.9 Å². The summed E-state index contributed by atoms with van der Waals surface area (Å²) in [5.74, 6) is 0. The van der Waals surface area contributed by atoms with Crippen molar-refractivity contribution >= 4 is 10.4 Å². The highest BCUT2D eigenvalue weighted by molar-refractivity contribution is 7.79. The zero-order chi connectivity index (χ0) is 38.5. The summed E-state index contributed by atoms with van der Waals surface area (Å²) < 4.78 is 34.1. The second-order valence-corrected chi connectivity index (χ2v) is 15.8. The first kappa shape index (κ1) is 55.1. The molecule has 0 spiro atoms. The van der Waals surface area contributed by atoms with Crippen LogP contribution in [0.4, 0.5) is 0 Å². The first-order chi connectivity index (χ1) is 24.7. The molecular weight excluding hydrogens is 661 g/mol. The molecule has 9 heteroatoms. The third-order valence-electron chi connectivity index (χ3n) is 10.1. The number of hydrogen-bond acceptors (Lipinski definition) is 6. The Kier molecular flexibility index (Phi) is 51.5. The van der Waals surface area contributed by atoms with E-state index in [4.69, 9.17) is 27.7 Å². The molecule has 4 N–H and O–H groups in total. The number of unbranched alkanes of at least 4 members (excludes halogenated alkanes) is 26. The highest BCUT2D eigenvalue weighted by Crippen LogP contribution is 2.14. The minimum atomic E-state index is -5.17. The van der Waals surface area contributed by atoms with Crippen molar-refractivity contribution in [2.24, 2.45) is 0 Å². The number of aliphatic hydroxyl groups excluding tert-OH is 2. The molecule has 0 heterocycles. The number of aliphatic hydroxyl groups is 2. The van der Waals surface area contributed by atoms with Crippen LogP contribution in [0, 0.1) is 0 Å². The molecule has 8 nitrogen and oxygen atoms in total. The Morgan fingerprint density at radius 1 is 0.353 bits per heavy atom. The zero-order valence-corrected chi connectivity index (χ0v) is 35.6. The molecule has 0 saturated heterocycles. The predicted octanol–water partition coefficient (Wildman–Crippen LogP) is 8.17. The minimum absolute atomic E-state index is 0.349. The Balaban J connectivity index is -0.000000796. The van der Waals surface area contributed by atoms with Crippen LogP contribution in [-0.2, 0) is 10.4 Å². The maximum atomic E-state index is 8.89. The van der Waals surface area contributed by atoms with Gasteiger partial charge in [-0.3, -0.25) is 8.42 Å². The van der Waals surface area contributed by atoms with Gasteiger partial charge in [0.05, 0.1) is 39.3 Å². The first-order valence-electron chi connectivity index (χ1n) is 22.2. The Labute approximate surface area is 319 Å². The second kappa shape index (κ2) is 47.7. The highest BCUT2D eigenvalue weighted by Gasteiger charge is 2.05. The maximum absolute atomic E-state index is 8.89. The van der Waals surface area contributed by atoms with Gasteiger partial charge in [0.15, 0.2) is 0 Å². The standard InChI is InChI=1S/2C21H45NO.H2O4S/c2*1-3-5-6-7-8-9-10-11-12-13-14-15-16-17-19-22(4-2)20-18-21-23;1-5(2,3)4/h2*23H,3-21H2,1-2H3;(H2,1,2,3,4). The van der Waals surface area contributed by atoms with Crippen molar-refractivity contribution in [2.45, 2.75) is 220 Å². The Bertz CT molecular complexity index is 661. The van der Waals surface area contributed by atoms with Gasteiger partial charge in [0.1, 0.15) is 0 Å². The SMILES string of the molecule is CCCCCCCCCCCCCCCC[NH+](CC)CCCO.CCCCCCCCCCCCCCCC[NH+](CC)CCCO.O=S(=O)([O-])[O-]. The van der Waals surface area contributed by atoms with E-state index in [2.05, 4.69) is 27.7 Å². The van der Waals surface area contributed by atoms with Crippen LogP contribution in [0.3, 0.4) is 0 Å². The van der Waals surface area contributed by atoms with E-state index < -0.39 is 10.4 Å². The second-order valence-electron chi connectivity index (χ2n) is 15.0. The van der Waals surface area contributed by atoms with Gasteiger partial charge in [-0.2, -0.15) is 0 Å². The van der Waals surface area contributed by atoms with Crippen molar-refractivity contribution < 1.29 is 37.5 Å². The summed E-state index contributed by atoms with van der Waals surface area (Å²) in [5, 5.41) is 17.8. The lowest BCUT2D eigenvalue weighted by Gasteiger charge is -2.16. The van der Waals surface area contributed by atoms with Crippen molar-refractivity contribution in [2.75, 3.05) is 52.5 Å². The van der Waals surface area contributed by atoms with Crippen LogP contribution >= 0.6 is 0 Å². The highest BCUT2D eigenvalue weighted by atomic mass is 32.3. The molecule has 0 radical (unpaired) electrons. The summed E-state index contributed by atoms with van der Waals surface area (Å²) in [7, 11) is -5.17. The van der Waals surface area contributed by atoms with Crippen LogP contribution in [0.2, 0.25) is 0 Å². The molecule has 0 amide bonds. The van der Waals surface area contributed by atoms with Gasteiger partial charge in [0, 0.05) is 36.5 Å². The quantitative estimate of drug-likeness (QED) is 0.0286. The van der Waals surface area contributed by atoms with Crippen LogP contribution in [0.15, 0.2) is 0 Å². The van der Waals surface area contributed by atoms with Crippen molar-refractivity contribution in [3.63, 3.8) is 0 Å². The first-order valence-corrected chi connectivity index (χ1v) is 23.6. The maximum Gasteiger partial charge on any atom is 0.0793 e. The van der Waals surface area contributed by atoms with Crippen LogP contribution in [0.1, 0.15) is 220 Å². The molecule has 0 aromatic rings. The molecule has 312 valence electrons. The topological polar surface area (TPSA) is 130 Å². The molecular formula is C42H92N2O6S. The van der Waals surface area contributed by atoms with E-state index >= 15 is 0 Å². The molecule has 0 aliphatic rings. The lowest BCUT2D eigenvalue weighted by molar-refractivity contribution is -0.898. The predicted molar refractivity (Wildman–Crippen MR) is 217 cm³/mol. The molecule has 51 heavy (non-hydrogen) atoms. The van der Waals surface area contributed by atoms with Gasteiger partial charge in [-0.05, 0) is 39.5 Å². The van der Waals surface area contributed by atoms with Gasteiger partial charge in [-0.25, -0.2) is 0 Å². The van der Waals surface area contributed by atoms with E-state index in [9.17, 15) is 0 Å². The number of hydrogen-bond donors (Lipinski definition) is 4. The molecule has 0 aliphatic carbocycles. The van der Waals surface area contributed by atoms with Gasteiger partial charge in [-0.15, -0.1) is 0 Å². The Hall–Kier alpha value is -0.290. The molecule has 0 saturated carbocycles. The number of quaternary nitrogens is 2. The molecule has 2 unspecified atom stereocenters. The fraction of sp³-hybridized carbons (Fsp3) is 1.00. The van der Waals surface area contributed by atoms with Crippen LogP contribution in [-0.4, -0.2) is 80.2 Å². The van der Waals surface area contributed by atoms with Gasteiger partial charge in [0.25, 0.3) is 0 Å². The lowest BCUT2D eigenvalue weighted by Crippen LogP contribution is -3.11. The lowest BCUT2D eigenvalue weighted by atomic mass is 10.0. The summed E-state index contributed by atoms with van der Waals surface area (Å²) in [6.07, 6.45) is 42.1. The monoisotopic (exact) mass is 753 g/mol. The largest absolute Gasteiger partial charge is 0.759 e. The van der Waals surface area contributed by atoms with Gasteiger partial charge in [-0.1, -0.05) is 168 Å². The smallest absolute Gasteiger partial charge is 0.0793 e. The van der Waals surface area contributed by atoms with E-state index in [1.807, 2.05) is 0 Å². The van der Waals surface area contributed by atoms with Gasteiger partial charge < -0.3 is 29.1 Å². The summed E-state index contributed by atoms with van der Waals surface area (Å²) in [4.78, 5) is 3.33. The van der Waals surface area contributed by atoms with Crippen LogP contribution in [0.25, 0.3) is 0 Å². The summed E-state index contributed by atoms with van der Waals surface area (Å²) in [6.45, 7) is 17.1. The molecule has 0 aromatic heterocycles. The Morgan fingerprint density at radius 2 is 0.529 bits per heavy atom. The zero-order valence-electron chi connectivity index (χ0n) is 34.8. The summed E-state index contributed by atoms with van der Waals surface area (Å²) in [6, 6.07) is 0. The summed E-state index contributed by atoms with van der Waals surface area (Å²) in [5.41, 5.74) is 0. The normalized spacial score (nSPS) is 12.5. The van der Waals surface area contributed by atoms with Crippen molar-refractivity contribution in [3.8, 4) is 0 Å². The third-order valence-corrected chi connectivity index (χ3v) is 10.1. The molecule has 0 fully saturated rings. The molecule has 0 bridgehead atoms. The fourth-order valence-corrected chi connectivity index (χ4v) is 6.75. The molecule has 0 rings (SSSR count). The van der Waals surface area contributed by atoms with Crippen molar-refractivity contribution in [1.82, 2.24) is 0 Å². The van der Waals surface area contributed by atoms with E-state index in [1.54, 1.807) is 9.80 Å². The van der Waals surface area contributed by atoms with Crippen molar-refractivity contribution in [1.29, 1.82) is 0 Å². The molecule has 0 aromatic carbocycles. The van der Waals surface area contributed by atoms with Gasteiger partial charge in [0.2, 0.25) is 0 Å².